The van der Waals surface area contributed by atoms with Gasteiger partial charge < -0.3 is 24.5 Å². The summed E-state index contributed by atoms with van der Waals surface area (Å²) in [4.78, 5) is 49.2. The molecule has 0 aromatic heterocycles. The summed E-state index contributed by atoms with van der Waals surface area (Å²) < 4.78 is 6.76. The SMILES string of the molecule is C=CCN(Cc1ccccc1)C(=O)[C@@H]1[C@H]2C(=O)N([C@@H](CO)CC(C)C)C(C(=O)N(CC=C)c3c(C)cccc3C)C23CC[C@H]1O3. The van der Waals surface area contributed by atoms with Gasteiger partial charge >= 0.3 is 0 Å². The Labute approximate surface area is 267 Å². The number of aliphatic hydroxyl groups excluding tert-OH is 1. The van der Waals surface area contributed by atoms with Crippen LogP contribution in [0.5, 0.6) is 0 Å². The number of benzene rings is 2. The highest BCUT2D eigenvalue weighted by Crippen LogP contribution is 2.59. The number of rotatable bonds is 13. The minimum absolute atomic E-state index is 0.162. The first-order valence-corrected chi connectivity index (χ1v) is 16.1. The van der Waals surface area contributed by atoms with Crippen LogP contribution in [-0.4, -0.2) is 76.1 Å². The molecule has 6 atom stereocenters. The molecule has 3 fully saturated rings. The molecule has 5 rings (SSSR count). The summed E-state index contributed by atoms with van der Waals surface area (Å²) >= 11 is 0. The van der Waals surface area contributed by atoms with Crippen LogP contribution in [0, 0.1) is 31.6 Å². The van der Waals surface area contributed by atoms with E-state index in [0.717, 1.165) is 22.4 Å². The van der Waals surface area contributed by atoms with Gasteiger partial charge in [0.25, 0.3) is 5.91 Å². The number of amides is 3. The van der Waals surface area contributed by atoms with Gasteiger partial charge in [0.15, 0.2) is 0 Å². The van der Waals surface area contributed by atoms with Crippen LogP contribution in [0.4, 0.5) is 5.69 Å². The number of hydrogen-bond acceptors (Lipinski definition) is 5. The number of aryl methyl sites for hydroxylation is 2. The van der Waals surface area contributed by atoms with Crippen molar-refractivity contribution in [2.75, 3.05) is 24.6 Å². The van der Waals surface area contributed by atoms with Crippen molar-refractivity contribution < 1.29 is 24.2 Å². The Kier molecular flexibility index (Phi) is 9.65. The van der Waals surface area contributed by atoms with E-state index in [-0.39, 0.29) is 36.8 Å². The fourth-order valence-corrected chi connectivity index (χ4v) is 8.07. The van der Waals surface area contributed by atoms with E-state index >= 15 is 0 Å². The van der Waals surface area contributed by atoms with E-state index in [1.165, 1.54) is 0 Å². The predicted molar refractivity (Wildman–Crippen MR) is 175 cm³/mol. The average Bonchev–Trinajstić information content (AvgIpc) is 3.66. The number of hydrogen-bond donors (Lipinski definition) is 1. The van der Waals surface area contributed by atoms with E-state index < -0.39 is 35.6 Å². The van der Waals surface area contributed by atoms with Gasteiger partial charge in [-0.3, -0.25) is 14.4 Å². The van der Waals surface area contributed by atoms with Gasteiger partial charge in [-0.15, -0.1) is 13.2 Å². The Hall–Kier alpha value is -3.75. The molecule has 0 radical (unpaired) electrons. The molecule has 2 aromatic carbocycles. The smallest absolute Gasteiger partial charge is 0.253 e. The lowest BCUT2D eigenvalue weighted by Gasteiger charge is -2.40. The third kappa shape index (κ3) is 5.74. The van der Waals surface area contributed by atoms with Gasteiger partial charge in [0.05, 0.1) is 30.6 Å². The molecule has 1 spiro atoms. The van der Waals surface area contributed by atoms with Crippen LogP contribution in [0.2, 0.25) is 0 Å². The molecule has 2 bridgehead atoms. The quantitative estimate of drug-likeness (QED) is 0.328. The number of carbonyl (C=O) groups is 3. The lowest BCUT2D eigenvalue weighted by atomic mass is 9.70. The molecule has 8 heteroatoms. The molecule has 1 N–H and O–H groups in total. The molecule has 3 aliphatic rings. The molecule has 0 saturated carbocycles. The highest BCUT2D eigenvalue weighted by molar-refractivity contribution is 6.05. The van der Waals surface area contributed by atoms with Gasteiger partial charge in [-0.2, -0.15) is 0 Å². The monoisotopic (exact) mass is 613 g/mol. The summed E-state index contributed by atoms with van der Waals surface area (Å²) in [7, 11) is 0. The standard InChI is InChI=1S/C37H47N3O5/c1-7-19-38(22-27-15-10-9-11-16-27)34(42)30-29-17-18-37(45-29)31(30)35(43)40(28(23-41)21-24(3)4)33(37)36(44)39(20-8-2)32-25(5)13-12-14-26(32)6/h7-16,24,28-31,33,41H,1-2,17-23H2,3-6H3/t28-,29-,30+,31+,33?,37?/m1/s1. The molecule has 3 heterocycles. The minimum Gasteiger partial charge on any atom is -0.394 e. The summed E-state index contributed by atoms with van der Waals surface area (Å²) in [5, 5.41) is 10.7. The Morgan fingerprint density at radius 1 is 1.04 bits per heavy atom. The van der Waals surface area contributed by atoms with E-state index in [0.29, 0.717) is 32.4 Å². The molecular formula is C37H47N3O5. The van der Waals surface area contributed by atoms with E-state index in [9.17, 15) is 19.5 Å². The Morgan fingerprint density at radius 2 is 1.71 bits per heavy atom. The van der Waals surface area contributed by atoms with Crippen molar-refractivity contribution in [1.29, 1.82) is 0 Å². The average molecular weight is 614 g/mol. The Balaban J connectivity index is 1.60. The van der Waals surface area contributed by atoms with Crippen molar-refractivity contribution in [2.24, 2.45) is 17.8 Å². The normalized spacial score (nSPS) is 25.7. The first kappa shape index (κ1) is 32.6. The molecule has 8 nitrogen and oxygen atoms in total. The molecular weight excluding hydrogens is 566 g/mol. The van der Waals surface area contributed by atoms with Crippen molar-refractivity contribution in [3.8, 4) is 0 Å². The van der Waals surface area contributed by atoms with Crippen LogP contribution >= 0.6 is 0 Å². The number of anilines is 1. The van der Waals surface area contributed by atoms with Gasteiger partial charge in [-0.05, 0) is 55.7 Å². The van der Waals surface area contributed by atoms with Gasteiger partial charge in [-0.1, -0.05) is 74.5 Å². The van der Waals surface area contributed by atoms with Crippen LogP contribution in [0.3, 0.4) is 0 Å². The number of likely N-dealkylation sites (tertiary alicyclic amines) is 1. The topological polar surface area (TPSA) is 90.4 Å². The summed E-state index contributed by atoms with van der Waals surface area (Å²) in [6, 6.07) is 14.0. The molecule has 2 aromatic rings. The maximum absolute atomic E-state index is 15.0. The Morgan fingerprint density at radius 3 is 2.31 bits per heavy atom. The number of fused-ring (bicyclic) bond motifs is 1. The lowest BCUT2D eigenvalue weighted by molar-refractivity contribution is -0.148. The van der Waals surface area contributed by atoms with Crippen molar-refractivity contribution in [2.45, 2.75) is 77.3 Å². The number of ether oxygens (including phenoxy) is 1. The highest BCUT2D eigenvalue weighted by Gasteiger charge is 2.75. The minimum atomic E-state index is -1.17. The first-order valence-electron chi connectivity index (χ1n) is 16.1. The number of aliphatic hydroxyl groups is 1. The zero-order valence-electron chi connectivity index (χ0n) is 27.0. The van der Waals surface area contributed by atoms with Crippen molar-refractivity contribution in [3.63, 3.8) is 0 Å². The van der Waals surface area contributed by atoms with Crippen LogP contribution in [-0.2, 0) is 25.7 Å². The second-order valence-corrected chi connectivity index (χ2v) is 13.2. The summed E-state index contributed by atoms with van der Waals surface area (Å²) in [6.07, 6.45) is 4.48. The van der Waals surface area contributed by atoms with Crippen LogP contribution in [0.25, 0.3) is 0 Å². The van der Waals surface area contributed by atoms with Crippen molar-refractivity contribution in [3.05, 3.63) is 90.5 Å². The van der Waals surface area contributed by atoms with Crippen molar-refractivity contribution in [1.82, 2.24) is 9.80 Å². The van der Waals surface area contributed by atoms with E-state index in [4.69, 9.17) is 4.74 Å². The second kappa shape index (κ2) is 13.3. The second-order valence-electron chi connectivity index (χ2n) is 13.2. The Bertz CT molecular complexity index is 1420. The van der Waals surface area contributed by atoms with Gasteiger partial charge in [0.1, 0.15) is 11.6 Å². The molecule has 3 amide bonds. The zero-order valence-corrected chi connectivity index (χ0v) is 27.0. The first-order chi connectivity index (χ1) is 21.6. The van der Waals surface area contributed by atoms with Gasteiger partial charge in [-0.25, -0.2) is 0 Å². The summed E-state index contributed by atoms with van der Waals surface area (Å²) in [5.74, 6) is -2.13. The predicted octanol–water partition coefficient (Wildman–Crippen LogP) is 4.82. The third-order valence-corrected chi connectivity index (χ3v) is 9.77. The molecule has 45 heavy (non-hydrogen) atoms. The van der Waals surface area contributed by atoms with Crippen LogP contribution in [0.1, 0.15) is 49.8 Å². The van der Waals surface area contributed by atoms with Crippen molar-refractivity contribution >= 4 is 23.4 Å². The number of carbonyl (C=O) groups excluding carboxylic acids is 3. The van der Waals surface area contributed by atoms with Gasteiger partial charge in [0, 0.05) is 25.3 Å². The third-order valence-electron chi connectivity index (χ3n) is 9.77. The van der Waals surface area contributed by atoms with Crippen LogP contribution in [0.15, 0.2) is 73.8 Å². The maximum Gasteiger partial charge on any atom is 0.253 e. The van der Waals surface area contributed by atoms with E-state index in [1.807, 2.05) is 76.2 Å². The number of nitrogens with zero attached hydrogens (tertiary/aromatic N) is 3. The molecule has 0 aliphatic carbocycles. The zero-order chi connectivity index (χ0) is 32.5. The van der Waals surface area contributed by atoms with Crippen LogP contribution < -0.4 is 4.90 Å². The fraction of sp³-hybridized carbons (Fsp3) is 0.486. The highest BCUT2D eigenvalue weighted by atomic mass is 16.5. The maximum atomic E-state index is 15.0. The lowest BCUT2D eigenvalue weighted by Crippen LogP contribution is -2.59. The summed E-state index contributed by atoms with van der Waals surface area (Å²) in [6.45, 7) is 16.5. The fourth-order valence-electron chi connectivity index (χ4n) is 8.07. The summed E-state index contributed by atoms with van der Waals surface area (Å²) in [5.41, 5.74) is 2.44. The number of para-hydroxylation sites is 1. The van der Waals surface area contributed by atoms with E-state index in [1.54, 1.807) is 26.9 Å². The van der Waals surface area contributed by atoms with Gasteiger partial charge in [0.2, 0.25) is 11.8 Å². The molecule has 3 saturated heterocycles. The van der Waals surface area contributed by atoms with E-state index in [2.05, 4.69) is 13.2 Å². The molecule has 2 unspecified atom stereocenters. The molecule has 3 aliphatic heterocycles. The molecule has 240 valence electrons. The largest absolute Gasteiger partial charge is 0.394 e.